The number of nitrogens with zero attached hydrogens (tertiary/aromatic N) is 1. The van der Waals surface area contributed by atoms with E-state index in [-0.39, 0.29) is 11.7 Å². The van der Waals surface area contributed by atoms with E-state index in [1.54, 1.807) is 13.2 Å². The minimum atomic E-state index is -0.749. The van der Waals surface area contributed by atoms with Crippen LogP contribution in [0.3, 0.4) is 0 Å². The molecule has 2 rings (SSSR count). The molecule has 0 bridgehead atoms. The third-order valence-electron chi connectivity index (χ3n) is 3.33. The molecule has 0 amide bonds. The Labute approximate surface area is 105 Å². The molecular weight excluding hydrogens is 237 g/mol. The van der Waals surface area contributed by atoms with Crippen molar-refractivity contribution in [1.82, 2.24) is 0 Å². The third kappa shape index (κ3) is 2.55. The number of carbonyl (C=O) groups is 1. The SMILES string of the molecule is COc1ccc(F)cc1N1CCC(C(=O)O)CC1. The molecule has 1 aliphatic rings. The van der Waals surface area contributed by atoms with Gasteiger partial charge in [-0.25, -0.2) is 4.39 Å². The molecule has 4 nitrogen and oxygen atoms in total. The van der Waals surface area contributed by atoms with Crippen LogP contribution in [0.4, 0.5) is 10.1 Å². The van der Waals surface area contributed by atoms with E-state index >= 15 is 0 Å². The van der Waals surface area contributed by atoms with Gasteiger partial charge in [-0.05, 0) is 25.0 Å². The Balaban J connectivity index is 2.14. The first-order valence-electron chi connectivity index (χ1n) is 5.93. The molecule has 1 saturated heterocycles. The van der Waals surface area contributed by atoms with Crippen LogP contribution < -0.4 is 9.64 Å². The molecule has 0 aliphatic carbocycles. The van der Waals surface area contributed by atoms with Crippen LogP contribution >= 0.6 is 0 Å². The standard InChI is InChI=1S/C13H16FNO3/c1-18-12-3-2-10(14)8-11(12)15-6-4-9(5-7-15)13(16)17/h2-3,8-9H,4-7H2,1H3,(H,16,17). The summed E-state index contributed by atoms with van der Waals surface area (Å²) in [6, 6.07) is 4.38. The number of methoxy groups -OCH3 is 1. The molecule has 0 unspecified atom stereocenters. The summed E-state index contributed by atoms with van der Waals surface area (Å²) in [4.78, 5) is 12.8. The molecule has 98 valence electrons. The van der Waals surface area contributed by atoms with Crippen molar-refractivity contribution in [1.29, 1.82) is 0 Å². The van der Waals surface area contributed by atoms with E-state index in [0.29, 0.717) is 37.4 Å². The van der Waals surface area contributed by atoms with Crippen molar-refractivity contribution in [2.45, 2.75) is 12.8 Å². The molecule has 1 N–H and O–H groups in total. The number of ether oxygens (including phenoxy) is 1. The van der Waals surface area contributed by atoms with E-state index in [9.17, 15) is 9.18 Å². The van der Waals surface area contributed by atoms with Crippen LogP contribution in [-0.4, -0.2) is 31.3 Å². The maximum atomic E-state index is 13.3. The molecule has 1 fully saturated rings. The number of rotatable bonds is 3. The molecule has 0 radical (unpaired) electrons. The molecular formula is C13H16FNO3. The number of carboxylic acids is 1. The summed E-state index contributed by atoms with van der Waals surface area (Å²) in [6.45, 7) is 1.22. The average molecular weight is 253 g/mol. The predicted octanol–water partition coefficient (Wildman–Crippen LogP) is 2.14. The van der Waals surface area contributed by atoms with Crippen molar-refractivity contribution in [2.24, 2.45) is 5.92 Å². The lowest BCUT2D eigenvalue weighted by Crippen LogP contribution is -2.36. The zero-order valence-electron chi connectivity index (χ0n) is 10.2. The van der Waals surface area contributed by atoms with Crippen molar-refractivity contribution >= 4 is 11.7 Å². The van der Waals surface area contributed by atoms with Gasteiger partial charge in [-0.3, -0.25) is 4.79 Å². The zero-order valence-corrected chi connectivity index (χ0v) is 10.2. The van der Waals surface area contributed by atoms with Gasteiger partial charge in [0.25, 0.3) is 0 Å². The van der Waals surface area contributed by atoms with Crippen molar-refractivity contribution < 1.29 is 19.0 Å². The summed E-state index contributed by atoms with van der Waals surface area (Å²) in [6.07, 6.45) is 1.16. The third-order valence-corrected chi connectivity index (χ3v) is 3.33. The second-order valence-corrected chi connectivity index (χ2v) is 4.42. The molecule has 1 aliphatic heterocycles. The zero-order chi connectivity index (χ0) is 13.1. The number of hydrogen-bond acceptors (Lipinski definition) is 3. The van der Waals surface area contributed by atoms with E-state index in [2.05, 4.69) is 0 Å². The summed E-state index contributed by atoms with van der Waals surface area (Å²) in [5, 5.41) is 8.94. The van der Waals surface area contributed by atoms with E-state index in [4.69, 9.17) is 9.84 Å². The number of anilines is 1. The first-order chi connectivity index (χ1) is 8.61. The van der Waals surface area contributed by atoms with Crippen LogP contribution in [0.15, 0.2) is 18.2 Å². The Morgan fingerprint density at radius 2 is 2.11 bits per heavy atom. The molecule has 18 heavy (non-hydrogen) atoms. The predicted molar refractivity (Wildman–Crippen MR) is 65.5 cm³/mol. The minimum absolute atomic E-state index is 0.291. The van der Waals surface area contributed by atoms with Gasteiger partial charge < -0.3 is 14.7 Å². The van der Waals surface area contributed by atoms with Crippen molar-refractivity contribution in [2.75, 3.05) is 25.1 Å². The fraction of sp³-hybridized carbons (Fsp3) is 0.462. The van der Waals surface area contributed by atoms with Crippen LogP contribution in [0.1, 0.15) is 12.8 Å². The number of benzene rings is 1. The number of aliphatic carboxylic acids is 1. The first kappa shape index (κ1) is 12.7. The number of hydrogen-bond donors (Lipinski definition) is 1. The lowest BCUT2D eigenvalue weighted by molar-refractivity contribution is -0.142. The fourth-order valence-corrected chi connectivity index (χ4v) is 2.28. The first-order valence-corrected chi connectivity index (χ1v) is 5.93. The van der Waals surface area contributed by atoms with Gasteiger partial charge in [0, 0.05) is 19.2 Å². The number of piperidine rings is 1. The highest BCUT2D eigenvalue weighted by Crippen LogP contribution is 2.32. The quantitative estimate of drug-likeness (QED) is 0.896. The van der Waals surface area contributed by atoms with Gasteiger partial charge in [0.15, 0.2) is 0 Å². The highest BCUT2D eigenvalue weighted by atomic mass is 19.1. The maximum absolute atomic E-state index is 13.3. The molecule has 1 aromatic rings. The van der Waals surface area contributed by atoms with Crippen molar-refractivity contribution in [3.63, 3.8) is 0 Å². The van der Waals surface area contributed by atoms with E-state index < -0.39 is 5.97 Å². The highest BCUT2D eigenvalue weighted by Gasteiger charge is 2.26. The van der Waals surface area contributed by atoms with Crippen LogP contribution in [0, 0.1) is 11.7 Å². The molecule has 1 aromatic carbocycles. The highest BCUT2D eigenvalue weighted by molar-refractivity contribution is 5.70. The average Bonchev–Trinajstić information content (AvgIpc) is 2.39. The summed E-state index contributed by atoms with van der Waals surface area (Å²) < 4.78 is 18.5. The normalized spacial score (nSPS) is 16.7. The van der Waals surface area contributed by atoms with Crippen LogP contribution in [0.25, 0.3) is 0 Å². The second-order valence-electron chi connectivity index (χ2n) is 4.42. The summed E-state index contributed by atoms with van der Waals surface area (Å²) >= 11 is 0. The van der Waals surface area contributed by atoms with Crippen LogP contribution in [0.2, 0.25) is 0 Å². The van der Waals surface area contributed by atoms with E-state index in [1.807, 2.05) is 4.90 Å². The Bertz CT molecular complexity index is 442. The Morgan fingerprint density at radius 1 is 1.44 bits per heavy atom. The Hall–Kier alpha value is -1.78. The molecule has 0 aromatic heterocycles. The van der Waals surface area contributed by atoms with Gasteiger partial charge in [-0.2, -0.15) is 0 Å². The molecule has 1 heterocycles. The minimum Gasteiger partial charge on any atom is -0.495 e. The maximum Gasteiger partial charge on any atom is 0.306 e. The van der Waals surface area contributed by atoms with Crippen LogP contribution in [-0.2, 0) is 4.79 Å². The van der Waals surface area contributed by atoms with Crippen molar-refractivity contribution in [3.05, 3.63) is 24.0 Å². The van der Waals surface area contributed by atoms with E-state index in [1.165, 1.54) is 12.1 Å². The van der Waals surface area contributed by atoms with Gasteiger partial charge in [-0.1, -0.05) is 0 Å². The monoisotopic (exact) mass is 253 g/mol. The van der Waals surface area contributed by atoms with Gasteiger partial charge in [0.1, 0.15) is 11.6 Å². The van der Waals surface area contributed by atoms with Gasteiger partial charge in [0.05, 0.1) is 18.7 Å². The van der Waals surface area contributed by atoms with Crippen molar-refractivity contribution in [3.8, 4) is 5.75 Å². The lowest BCUT2D eigenvalue weighted by atomic mass is 9.96. The molecule has 5 heteroatoms. The van der Waals surface area contributed by atoms with E-state index in [0.717, 1.165) is 0 Å². The van der Waals surface area contributed by atoms with Gasteiger partial charge >= 0.3 is 5.97 Å². The largest absolute Gasteiger partial charge is 0.495 e. The van der Waals surface area contributed by atoms with Crippen LogP contribution in [0.5, 0.6) is 5.75 Å². The number of halogens is 1. The smallest absolute Gasteiger partial charge is 0.306 e. The topological polar surface area (TPSA) is 49.8 Å². The van der Waals surface area contributed by atoms with Gasteiger partial charge in [-0.15, -0.1) is 0 Å². The van der Waals surface area contributed by atoms with Gasteiger partial charge in [0.2, 0.25) is 0 Å². The molecule has 0 atom stereocenters. The fourth-order valence-electron chi connectivity index (χ4n) is 2.28. The molecule has 0 spiro atoms. The second kappa shape index (κ2) is 5.25. The Morgan fingerprint density at radius 3 is 2.67 bits per heavy atom. The number of carboxylic acid groups (broad SMARTS) is 1. The summed E-state index contributed by atoms with van der Waals surface area (Å²) in [5.41, 5.74) is 0.696. The lowest BCUT2D eigenvalue weighted by Gasteiger charge is -2.32. The summed E-state index contributed by atoms with van der Waals surface area (Å²) in [7, 11) is 1.54. The Kier molecular flexibility index (Phi) is 3.69. The molecule has 0 saturated carbocycles. The summed E-state index contributed by atoms with van der Waals surface area (Å²) in [5.74, 6) is -0.738.